The SMILES string of the molecule is CC[C@H](C)[C@@H]1NC(=O)CNC(=O)C2Cc3c([nH]c4cc(OCCc5ccc(NC(=O)[C@H](C)NC(=O)[C@@H](NC(=O)CSC[C@@H](NC(=O)[C@H](Cc6ccccc6)NC(=O)[C@H](Cc6ccccc6)NC(=O)CCCCCCCNC(=O)CCC(NC(=O)NC(CCC(=O)O)C(=O)O)C(=O)O)C(=O)O)C(C)C)cc5)ccc34)SCC(NC(=O)CNC1=O)C(=O)N[C@@H](CC(N)=O)C(=O)N1C[C@H](O)C[C@]1(C=O)N[C@@H]([C@@H](C)[C@@H](O)CO)C(=O)N2. The number of nitrogens with one attached hydrogen (secondary N) is 17. The molecule has 48 nitrogen and oxygen atoms in total. The van der Waals surface area contributed by atoms with E-state index in [-0.39, 0.29) is 62.3 Å². The number of nitrogens with zero attached hydrogens (tertiary/aromatic N) is 1. The van der Waals surface area contributed by atoms with Gasteiger partial charge >= 0.3 is 29.9 Å². The summed E-state index contributed by atoms with van der Waals surface area (Å²) in [6.45, 7) is 6.57. The number of amides is 17. The molecule has 5 aromatic rings. The highest BCUT2D eigenvalue weighted by Crippen LogP contribution is 2.36. The number of fused-ring (bicyclic) bond motifs is 5. The Balaban J connectivity index is 0.859. The number of unbranched alkanes of at least 4 members (excludes halogenated alkanes) is 4. The number of aromatic amines is 1. The number of carboxylic acids is 4. The lowest BCUT2D eigenvalue weighted by Crippen LogP contribution is -2.69. The van der Waals surface area contributed by atoms with Crippen LogP contribution in [0.25, 0.3) is 10.9 Å². The summed E-state index contributed by atoms with van der Waals surface area (Å²) in [4.78, 5) is 287. The molecule has 4 heterocycles. The van der Waals surface area contributed by atoms with E-state index >= 15 is 4.79 Å². The quantitative estimate of drug-likeness (QED) is 0.0143. The van der Waals surface area contributed by atoms with Gasteiger partial charge in [0.05, 0.1) is 67.3 Å². The number of aromatic nitrogens is 1. The van der Waals surface area contributed by atoms with Crippen LogP contribution in [0.5, 0.6) is 5.75 Å². The summed E-state index contributed by atoms with van der Waals surface area (Å²) < 4.78 is 6.26. The van der Waals surface area contributed by atoms with E-state index in [4.69, 9.17) is 15.6 Å². The summed E-state index contributed by atoms with van der Waals surface area (Å²) in [5.74, 6) is -22.0. The Hall–Kier alpha value is -14.4. The summed E-state index contributed by atoms with van der Waals surface area (Å²) >= 11 is 1.73. The van der Waals surface area contributed by atoms with E-state index in [1.54, 1.807) is 131 Å². The zero-order valence-electron chi connectivity index (χ0n) is 82.0. The van der Waals surface area contributed by atoms with Crippen LogP contribution < -0.4 is 95.5 Å². The first-order chi connectivity index (χ1) is 69.9. The van der Waals surface area contributed by atoms with Crippen molar-refractivity contribution < 1.29 is 141 Å². The van der Waals surface area contributed by atoms with E-state index in [0.717, 1.165) is 34.0 Å². The highest BCUT2D eigenvalue weighted by atomic mass is 32.2. The number of carbonyl (C=O) groups is 21. The number of carboxylic acid groups (broad SMARTS) is 4. The Morgan fingerprint density at radius 1 is 0.605 bits per heavy atom. The fourth-order valence-electron chi connectivity index (χ4n) is 16.3. The molecule has 4 unspecified atom stereocenters. The molecule has 17 amide bonds. The largest absolute Gasteiger partial charge is 0.493 e. The van der Waals surface area contributed by atoms with Crippen molar-refractivity contribution in [2.45, 2.75) is 246 Å². The molecular formula is C97H131N19O29S2. The number of ether oxygens (including phenoxy) is 1. The third-order valence-corrected chi connectivity index (χ3v) is 27.0. The molecule has 1 aromatic heterocycles. The van der Waals surface area contributed by atoms with E-state index < -0.39 is 296 Å². The molecule has 17 atom stereocenters. The van der Waals surface area contributed by atoms with Gasteiger partial charge in [0.15, 0.2) is 11.9 Å². The molecule has 50 heteroatoms. The highest BCUT2D eigenvalue weighted by Gasteiger charge is 2.53. The van der Waals surface area contributed by atoms with Crippen molar-refractivity contribution in [3.05, 3.63) is 125 Å². The van der Waals surface area contributed by atoms with Crippen LogP contribution in [0.1, 0.15) is 147 Å². The molecule has 2 bridgehead atoms. The van der Waals surface area contributed by atoms with Crippen LogP contribution in [0.15, 0.2) is 108 Å². The Kier molecular flexibility index (Phi) is 46.6. The lowest BCUT2D eigenvalue weighted by molar-refractivity contribution is -0.147. The first kappa shape index (κ1) is 118. The Labute approximate surface area is 854 Å². The molecule has 0 aliphatic carbocycles. The van der Waals surface area contributed by atoms with E-state index in [2.05, 4.69) is 84.7 Å². The molecule has 26 N–H and O–H groups in total. The zero-order chi connectivity index (χ0) is 108. The van der Waals surface area contributed by atoms with Crippen molar-refractivity contribution in [3.63, 3.8) is 0 Å². The van der Waals surface area contributed by atoms with Crippen LogP contribution in [0.2, 0.25) is 0 Å². The third kappa shape index (κ3) is 37.3. The lowest BCUT2D eigenvalue weighted by Gasteiger charge is -2.41. The summed E-state index contributed by atoms with van der Waals surface area (Å²) in [6.07, 6.45) is -3.48. The van der Waals surface area contributed by atoms with Crippen molar-refractivity contribution in [1.29, 1.82) is 0 Å². The van der Waals surface area contributed by atoms with Crippen LogP contribution in [-0.2, 0) is 122 Å². The van der Waals surface area contributed by atoms with Crippen LogP contribution in [0.3, 0.4) is 0 Å². The number of aliphatic hydroxyl groups excluding tert-OH is 3. The van der Waals surface area contributed by atoms with Gasteiger partial charge in [-0.15, -0.1) is 23.5 Å². The molecular weight excluding hydrogens is 1960 g/mol. The average Bonchev–Trinajstić information content (AvgIpc) is 1.62. The molecule has 0 radical (unpaired) electrons. The number of H-pyrrole nitrogens is 1. The third-order valence-electron chi connectivity index (χ3n) is 24.8. The second-order valence-electron chi connectivity index (χ2n) is 36.5. The number of anilines is 1. The number of aldehydes is 1. The predicted octanol–water partition coefficient (Wildman–Crippen LogP) is -2.37. The molecule has 3 aliphatic heterocycles. The molecule has 147 heavy (non-hydrogen) atoms. The lowest BCUT2D eigenvalue weighted by atomic mass is 9.92. The highest BCUT2D eigenvalue weighted by molar-refractivity contribution is 8.00. The molecule has 1 fully saturated rings. The number of nitrogens with two attached hydrogens (primary N) is 1. The van der Waals surface area contributed by atoms with E-state index in [1.165, 1.54) is 13.8 Å². The smallest absolute Gasteiger partial charge is 0.327 e. The minimum atomic E-state index is -2.37. The Morgan fingerprint density at radius 2 is 1.20 bits per heavy atom. The first-order valence-corrected chi connectivity index (χ1v) is 50.3. The van der Waals surface area contributed by atoms with Gasteiger partial charge in [0.25, 0.3) is 0 Å². The molecule has 1 saturated heterocycles. The Morgan fingerprint density at radius 3 is 1.80 bits per heavy atom. The monoisotopic (exact) mass is 2090 g/mol. The molecule has 8 rings (SSSR count). The van der Waals surface area contributed by atoms with Gasteiger partial charge in [-0.2, -0.15) is 0 Å². The van der Waals surface area contributed by atoms with Crippen LogP contribution in [-0.4, -0.2) is 317 Å². The van der Waals surface area contributed by atoms with Gasteiger partial charge in [-0.3, -0.25) is 86.8 Å². The molecule has 0 spiro atoms. The Bertz CT molecular complexity index is 5490. The van der Waals surface area contributed by atoms with Gasteiger partial charge < -0.3 is 136 Å². The molecule has 0 saturated carbocycles. The van der Waals surface area contributed by atoms with Gasteiger partial charge in [0.1, 0.15) is 72.2 Å². The fraction of sp³-hybridized carbons (Fsp3) is 0.515. The van der Waals surface area contributed by atoms with Crippen LogP contribution in [0, 0.1) is 17.8 Å². The fourth-order valence-corrected chi connectivity index (χ4v) is 18.2. The van der Waals surface area contributed by atoms with Crippen LogP contribution >= 0.6 is 23.5 Å². The average molecular weight is 2090 g/mol. The van der Waals surface area contributed by atoms with Gasteiger partial charge in [0, 0.05) is 99.0 Å². The number of thioether (sulfide) groups is 2. The van der Waals surface area contributed by atoms with E-state index in [1.807, 2.05) is 5.32 Å². The summed E-state index contributed by atoms with van der Waals surface area (Å²) in [6, 6.07) is 9.37. The van der Waals surface area contributed by atoms with Crippen molar-refractivity contribution in [3.8, 4) is 5.75 Å². The number of primary amides is 1. The van der Waals surface area contributed by atoms with E-state index in [0.29, 0.717) is 84.0 Å². The standard InChI is InChI=1S/C97H131N19O29S2/c1-7-52(4)81-88(134)101-43-76(124)105-70-48-147-91-62(40-68(84(130)100-44-77(125)113-81)107-90(136)82(53(5)72(120)46-117)115-97(50-118)42-59(119)45-116(97)92(137)69(41-73(98)121)108-87(70)133)61-29-28-60(39-65(61)110-91)145-36-34-55-24-26-58(27-25-55)103-83(129)54(6)102-89(135)80(51(2)3)114-78(126)49-146-47-71(95(142)143)109-86(132)67(38-57-21-15-12-16-22-57)106-85(131)66(37-56-19-13-11-14-20-56)104-75(123)23-17-9-8-10-18-35-99-74(122)32-30-63(93(138)139)111-96(144)112-64(94(140)141)31-33-79(127)128/h11-16,19-22,24-29,39,50-54,59,63-64,66-72,80-82,110,115,117,119-120H,7-10,17-18,23,30-38,40-49H2,1-6H3,(H2,98,121)(H,99,122)(H,100,130)(H,101,134)(H,102,135)(H,103,129)(H,104,123)(H,105,124)(H,106,131)(H,107,136)(H,108,133)(H,109,132)(H,113,125)(H,114,126)(H,127,128)(H,138,139)(H,140,141)(H,142,143)(H2,111,112,144)/t52-,53-,54-,59+,63?,64?,66-,67-,68?,69-,70?,71+,72-,80-,81-,82-,97-/m0/s1. The maximum absolute atomic E-state index is 15.2. The zero-order valence-corrected chi connectivity index (χ0v) is 83.7. The normalized spacial score (nSPS) is 20.0. The van der Waals surface area contributed by atoms with Crippen molar-refractivity contribution >= 4 is 165 Å². The van der Waals surface area contributed by atoms with Gasteiger partial charge in [-0.25, -0.2) is 19.2 Å². The number of carbonyl (C=O) groups excluding carboxylic acids is 17. The minimum absolute atomic E-state index is 0.00280. The number of aliphatic carboxylic acids is 4. The number of aliphatic hydroxyl groups is 3. The second-order valence-corrected chi connectivity index (χ2v) is 38.6. The summed E-state index contributed by atoms with van der Waals surface area (Å²) in [5, 5.41) is 112. The molecule has 4 aromatic carbocycles. The topological polar surface area (TPSA) is 747 Å². The maximum atomic E-state index is 15.2. The number of hydrogen-bond acceptors (Lipinski definition) is 28. The van der Waals surface area contributed by atoms with Gasteiger partial charge in [0.2, 0.25) is 88.6 Å². The predicted molar refractivity (Wildman–Crippen MR) is 531 cm³/mol. The molecule has 3 aliphatic rings. The van der Waals surface area contributed by atoms with Crippen molar-refractivity contribution in [2.24, 2.45) is 23.5 Å². The van der Waals surface area contributed by atoms with E-state index in [9.17, 15) is 127 Å². The number of rotatable bonds is 50. The number of hydrogen-bond donors (Lipinski definition) is 25. The second kappa shape index (κ2) is 58.1. The number of urea groups is 1. The van der Waals surface area contributed by atoms with Crippen molar-refractivity contribution in [2.75, 3.05) is 62.0 Å². The maximum Gasteiger partial charge on any atom is 0.327 e. The van der Waals surface area contributed by atoms with Crippen molar-refractivity contribution in [1.82, 2.24) is 89.6 Å². The minimum Gasteiger partial charge on any atom is -0.493 e. The number of benzene rings is 4. The summed E-state index contributed by atoms with van der Waals surface area (Å²) in [7, 11) is 0. The van der Waals surface area contributed by atoms with Gasteiger partial charge in [-0.1, -0.05) is 133 Å². The molecule has 800 valence electrons. The van der Waals surface area contributed by atoms with Gasteiger partial charge in [-0.05, 0) is 91.0 Å². The van der Waals surface area contributed by atoms with Crippen LogP contribution in [0.4, 0.5) is 10.5 Å². The first-order valence-electron chi connectivity index (χ1n) is 48.1. The summed E-state index contributed by atoms with van der Waals surface area (Å²) in [5.41, 5.74) is 6.24.